The zero-order valence-electron chi connectivity index (χ0n) is 25.7. The summed E-state index contributed by atoms with van der Waals surface area (Å²) in [5.41, 5.74) is 0. The van der Waals surface area contributed by atoms with Crippen LogP contribution in [0.3, 0.4) is 0 Å². The molecule has 2 N–H and O–H groups in total. The van der Waals surface area contributed by atoms with Gasteiger partial charge in [-0.25, -0.2) is 0 Å². The molecule has 0 spiro atoms. The smallest absolute Gasteiger partial charge is 0.246 e. The van der Waals surface area contributed by atoms with Crippen LogP contribution in [0.4, 0.5) is 0 Å². The Bertz CT molecular complexity index is 1090. The lowest BCUT2D eigenvalue weighted by Gasteiger charge is -2.34. The third-order valence-corrected chi connectivity index (χ3v) is 9.84. The first kappa shape index (κ1) is 31.4. The predicted octanol–water partition coefficient (Wildman–Crippen LogP) is 0.290. The van der Waals surface area contributed by atoms with Gasteiger partial charge in [-0.2, -0.15) is 0 Å². The van der Waals surface area contributed by atoms with E-state index in [1.165, 1.54) is 0 Å². The summed E-state index contributed by atoms with van der Waals surface area (Å²) in [5.74, 6) is -1.05. The molecule has 238 valence electrons. The normalized spacial score (nSPS) is 27.9. The Morgan fingerprint density at radius 1 is 0.837 bits per heavy atom. The Balaban J connectivity index is 1.24. The molecule has 12 heteroatoms. The Morgan fingerprint density at radius 2 is 1.49 bits per heavy atom. The zero-order valence-corrected chi connectivity index (χ0v) is 25.7. The molecule has 0 aromatic carbocycles. The van der Waals surface area contributed by atoms with E-state index >= 15 is 0 Å². The van der Waals surface area contributed by atoms with Gasteiger partial charge in [0.2, 0.25) is 29.5 Å². The van der Waals surface area contributed by atoms with Gasteiger partial charge in [0.25, 0.3) is 0 Å². The maximum absolute atomic E-state index is 13.9. The molecule has 0 aromatic heterocycles. The van der Waals surface area contributed by atoms with Gasteiger partial charge < -0.3 is 35.0 Å². The van der Waals surface area contributed by atoms with Crippen LogP contribution in [0.15, 0.2) is 0 Å². The number of nitrogens with one attached hydrogen (secondary N) is 2. The summed E-state index contributed by atoms with van der Waals surface area (Å²) in [7, 11) is 0. The molecular weight excluding hydrogens is 552 g/mol. The molecule has 5 rings (SSSR count). The van der Waals surface area contributed by atoms with Crippen molar-refractivity contribution >= 4 is 35.8 Å². The lowest BCUT2D eigenvalue weighted by Crippen LogP contribution is -2.58. The number of hydrogen-bond donors (Lipinski definition) is 2. The van der Waals surface area contributed by atoms with Gasteiger partial charge in [-0.1, -0.05) is 13.8 Å². The lowest BCUT2D eigenvalue weighted by molar-refractivity contribution is -0.148. The molecule has 0 radical (unpaired) electrons. The number of hydrogen-bond acceptors (Lipinski definition) is 7. The lowest BCUT2D eigenvalue weighted by atomic mass is 10.0. The van der Waals surface area contributed by atoms with Gasteiger partial charge in [0.1, 0.15) is 24.4 Å². The number of rotatable bonds is 11. The fraction of sp³-hybridized carbons (Fsp3) is 0.806. The summed E-state index contributed by atoms with van der Waals surface area (Å²) >= 11 is 0. The zero-order chi connectivity index (χ0) is 30.7. The van der Waals surface area contributed by atoms with Crippen LogP contribution in [-0.2, 0) is 28.8 Å². The van der Waals surface area contributed by atoms with Crippen LogP contribution in [0.1, 0.15) is 78.1 Å². The highest BCUT2D eigenvalue weighted by atomic mass is 16.2. The molecule has 12 nitrogen and oxygen atoms in total. The molecule has 5 atom stereocenters. The van der Waals surface area contributed by atoms with Crippen molar-refractivity contribution in [1.29, 1.82) is 0 Å². The van der Waals surface area contributed by atoms with Gasteiger partial charge in [0, 0.05) is 26.2 Å². The van der Waals surface area contributed by atoms with E-state index in [2.05, 4.69) is 10.6 Å². The monoisotopic (exact) mass is 600 g/mol. The van der Waals surface area contributed by atoms with Gasteiger partial charge in [0.05, 0.1) is 18.6 Å². The first-order valence-electron chi connectivity index (χ1n) is 16.4. The highest BCUT2D eigenvalue weighted by Crippen LogP contribution is 2.31. The summed E-state index contributed by atoms with van der Waals surface area (Å²) in [6, 6.07) is -2.82. The molecule has 5 aliphatic rings. The Kier molecular flexibility index (Phi) is 10.0. The van der Waals surface area contributed by atoms with Crippen molar-refractivity contribution in [3.05, 3.63) is 0 Å². The summed E-state index contributed by atoms with van der Waals surface area (Å²) in [6.45, 7) is 6.34. The SMILES string of the molecule is CC(C)[C@H](NC(=O)[C@@H]1CCCN1C(=O)[C@@H]1CCCN1C(=O)[C@@H]1CCCN1)C(=O)N(CC(=O)N1CCC[C@H]1C=O)CC1CC1. The van der Waals surface area contributed by atoms with Crippen molar-refractivity contribution in [2.75, 3.05) is 39.3 Å². The van der Waals surface area contributed by atoms with Crippen molar-refractivity contribution in [1.82, 2.24) is 30.2 Å². The number of aldehydes is 1. The van der Waals surface area contributed by atoms with Crippen LogP contribution < -0.4 is 10.6 Å². The van der Waals surface area contributed by atoms with Gasteiger partial charge in [-0.05, 0) is 82.6 Å². The summed E-state index contributed by atoms with van der Waals surface area (Å²) < 4.78 is 0. The summed E-state index contributed by atoms with van der Waals surface area (Å²) in [4.78, 5) is 85.6. The molecule has 0 unspecified atom stereocenters. The van der Waals surface area contributed by atoms with E-state index < -0.39 is 24.2 Å². The maximum Gasteiger partial charge on any atom is 0.246 e. The average molecular weight is 601 g/mol. The summed E-state index contributed by atoms with van der Waals surface area (Å²) in [5, 5.41) is 6.19. The minimum atomic E-state index is -0.852. The largest absolute Gasteiger partial charge is 0.342 e. The van der Waals surface area contributed by atoms with Crippen LogP contribution in [0.2, 0.25) is 0 Å². The van der Waals surface area contributed by atoms with Crippen molar-refractivity contribution in [2.45, 2.75) is 108 Å². The molecular formula is C31H48N6O6. The average Bonchev–Trinajstić information content (AvgIpc) is 3.55. The van der Waals surface area contributed by atoms with Crippen molar-refractivity contribution in [3.8, 4) is 0 Å². The Morgan fingerprint density at radius 3 is 2.12 bits per heavy atom. The molecule has 4 saturated heterocycles. The molecule has 0 bridgehead atoms. The van der Waals surface area contributed by atoms with Gasteiger partial charge >= 0.3 is 0 Å². The van der Waals surface area contributed by atoms with Gasteiger partial charge in [-0.15, -0.1) is 0 Å². The first-order valence-corrected chi connectivity index (χ1v) is 16.4. The quantitative estimate of drug-likeness (QED) is 0.325. The third-order valence-electron chi connectivity index (χ3n) is 9.84. The van der Waals surface area contributed by atoms with Gasteiger partial charge in [0.15, 0.2) is 0 Å². The van der Waals surface area contributed by atoms with Crippen molar-refractivity contribution in [3.63, 3.8) is 0 Å². The van der Waals surface area contributed by atoms with Crippen molar-refractivity contribution in [2.24, 2.45) is 11.8 Å². The highest BCUT2D eigenvalue weighted by molar-refractivity contribution is 5.96. The van der Waals surface area contributed by atoms with E-state index in [0.717, 1.165) is 51.4 Å². The molecule has 5 fully saturated rings. The number of amides is 5. The van der Waals surface area contributed by atoms with Crippen LogP contribution in [0, 0.1) is 11.8 Å². The number of nitrogens with zero attached hydrogens (tertiary/aromatic N) is 4. The second kappa shape index (κ2) is 13.7. The van der Waals surface area contributed by atoms with E-state index in [1.54, 1.807) is 19.6 Å². The fourth-order valence-corrected chi connectivity index (χ4v) is 7.18. The molecule has 5 amide bonds. The molecule has 43 heavy (non-hydrogen) atoms. The molecule has 0 aromatic rings. The third kappa shape index (κ3) is 7.05. The minimum Gasteiger partial charge on any atom is -0.342 e. The van der Waals surface area contributed by atoms with Crippen LogP contribution in [0.5, 0.6) is 0 Å². The minimum absolute atomic E-state index is 0.0299. The van der Waals surface area contributed by atoms with Crippen molar-refractivity contribution < 1.29 is 28.8 Å². The van der Waals surface area contributed by atoms with E-state index in [9.17, 15) is 28.8 Å². The Hall–Kier alpha value is -3.02. The molecule has 4 heterocycles. The fourth-order valence-electron chi connectivity index (χ4n) is 7.18. The van der Waals surface area contributed by atoms with Gasteiger partial charge in [-0.3, -0.25) is 24.0 Å². The molecule has 4 aliphatic heterocycles. The van der Waals surface area contributed by atoms with E-state index in [1.807, 2.05) is 13.8 Å². The number of likely N-dealkylation sites (tertiary alicyclic amines) is 3. The standard InChI is InChI=1S/C31H48N6O6/c1-20(2)27(31(43)34(17-21-11-12-21)18-26(39)35-14-4-7-22(35)19-38)33-28(40)24-9-5-15-36(24)30(42)25-10-6-16-37(25)29(41)23-8-3-13-32-23/h19-25,27,32H,3-18H2,1-2H3,(H,33,40)/t22-,23-,24-,25-,27-/m0/s1. The predicted molar refractivity (Wildman–Crippen MR) is 157 cm³/mol. The second-order valence-electron chi connectivity index (χ2n) is 13.4. The van der Waals surface area contributed by atoms with E-state index in [-0.39, 0.29) is 48.0 Å². The van der Waals surface area contributed by atoms with Crippen LogP contribution in [0.25, 0.3) is 0 Å². The summed E-state index contributed by atoms with van der Waals surface area (Å²) in [6.07, 6.45) is 8.40. The van der Waals surface area contributed by atoms with E-state index in [4.69, 9.17) is 0 Å². The first-order chi connectivity index (χ1) is 20.7. The molecule has 1 aliphatic carbocycles. The number of carbonyl (C=O) groups is 6. The topological polar surface area (TPSA) is 139 Å². The Labute approximate surface area is 254 Å². The maximum atomic E-state index is 13.9. The van der Waals surface area contributed by atoms with E-state index in [0.29, 0.717) is 57.8 Å². The van der Waals surface area contributed by atoms with Crippen LogP contribution >= 0.6 is 0 Å². The molecule has 1 saturated carbocycles. The second-order valence-corrected chi connectivity index (χ2v) is 13.4. The van der Waals surface area contributed by atoms with Crippen LogP contribution in [-0.4, -0.2) is 125 Å². The highest BCUT2D eigenvalue weighted by Gasteiger charge is 2.45. The number of carbonyl (C=O) groups excluding carboxylic acids is 6.